The van der Waals surface area contributed by atoms with Crippen LogP contribution in [0.25, 0.3) is 0 Å². The number of hydrogen-bond donors (Lipinski definition) is 1. The molecule has 0 saturated carbocycles. The van der Waals surface area contributed by atoms with Gasteiger partial charge in [-0.3, -0.25) is 9.36 Å². The summed E-state index contributed by atoms with van der Waals surface area (Å²) in [6.45, 7) is 3.45. The molecule has 2 aromatic heterocycles. The standard InChI is InChI=1S/C8H12N6/c1-2-13-5-8(11-12-13)6-14-4-7(9)3-10-14/h3-5H,2,6,9H2,1H3. The molecule has 0 aromatic carbocycles. The molecular weight excluding hydrogens is 180 g/mol. The summed E-state index contributed by atoms with van der Waals surface area (Å²) < 4.78 is 3.52. The SMILES string of the molecule is CCn1cc(Cn2cc(N)cn2)nn1. The first-order valence-electron chi connectivity index (χ1n) is 4.45. The third-order valence-electron chi connectivity index (χ3n) is 1.89. The van der Waals surface area contributed by atoms with E-state index >= 15 is 0 Å². The molecule has 0 radical (unpaired) electrons. The Balaban J connectivity index is 2.10. The summed E-state index contributed by atoms with van der Waals surface area (Å²) in [4.78, 5) is 0. The summed E-state index contributed by atoms with van der Waals surface area (Å²) >= 11 is 0. The molecule has 0 atom stereocenters. The van der Waals surface area contributed by atoms with Crippen LogP contribution < -0.4 is 5.73 Å². The number of nitrogen functional groups attached to an aromatic ring is 1. The molecule has 2 heterocycles. The minimum Gasteiger partial charge on any atom is -0.396 e. The van der Waals surface area contributed by atoms with Crippen molar-refractivity contribution in [3.63, 3.8) is 0 Å². The van der Waals surface area contributed by atoms with Gasteiger partial charge < -0.3 is 5.73 Å². The first kappa shape index (κ1) is 8.74. The Morgan fingerprint density at radius 3 is 2.79 bits per heavy atom. The molecular formula is C8H12N6. The molecule has 0 aliphatic carbocycles. The third kappa shape index (κ3) is 1.73. The van der Waals surface area contributed by atoms with Gasteiger partial charge in [-0.05, 0) is 6.92 Å². The van der Waals surface area contributed by atoms with Crippen LogP contribution in [0.2, 0.25) is 0 Å². The Hall–Kier alpha value is -1.85. The molecule has 2 rings (SSSR count). The molecule has 0 aliphatic heterocycles. The number of nitrogens with two attached hydrogens (primary N) is 1. The van der Waals surface area contributed by atoms with Crippen LogP contribution in [0.15, 0.2) is 18.6 Å². The fourth-order valence-corrected chi connectivity index (χ4v) is 1.20. The number of nitrogens with zero attached hydrogens (tertiary/aromatic N) is 5. The zero-order chi connectivity index (χ0) is 9.97. The lowest BCUT2D eigenvalue weighted by molar-refractivity contribution is 0.625. The van der Waals surface area contributed by atoms with Gasteiger partial charge in [-0.1, -0.05) is 5.21 Å². The van der Waals surface area contributed by atoms with E-state index in [4.69, 9.17) is 5.73 Å². The van der Waals surface area contributed by atoms with E-state index in [9.17, 15) is 0 Å². The molecule has 6 nitrogen and oxygen atoms in total. The topological polar surface area (TPSA) is 74.5 Å². The van der Waals surface area contributed by atoms with E-state index in [-0.39, 0.29) is 0 Å². The van der Waals surface area contributed by atoms with Gasteiger partial charge in [0.15, 0.2) is 0 Å². The quantitative estimate of drug-likeness (QED) is 0.749. The van der Waals surface area contributed by atoms with Crippen molar-refractivity contribution in [3.8, 4) is 0 Å². The highest BCUT2D eigenvalue weighted by Gasteiger charge is 2.01. The van der Waals surface area contributed by atoms with Gasteiger partial charge in [-0.25, -0.2) is 0 Å². The van der Waals surface area contributed by atoms with Crippen molar-refractivity contribution >= 4 is 5.69 Å². The summed E-state index contributed by atoms with van der Waals surface area (Å²) in [6, 6.07) is 0. The van der Waals surface area contributed by atoms with Crippen molar-refractivity contribution in [2.75, 3.05) is 5.73 Å². The van der Waals surface area contributed by atoms with Gasteiger partial charge >= 0.3 is 0 Å². The molecule has 0 amide bonds. The van der Waals surface area contributed by atoms with Crippen molar-refractivity contribution in [3.05, 3.63) is 24.3 Å². The maximum atomic E-state index is 5.54. The number of aromatic nitrogens is 5. The summed E-state index contributed by atoms with van der Waals surface area (Å²) in [6.07, 6.45) is 5.28. The number of aryl methyl sites for hydroxylation is 1. The van der Waals surface area contributed by atoms with Crippen LogP contribution in [0.1, 0.15) is 12.6 Å². The second-order valence-corrected chi connectivity index (χ2v) is 3.04. The predicted molar refractivity (Wildman–Crippen MR) is 51.4 cm³/mol. The highest BCUT2D eigenvalue weighted by Crippen LogP contribution is 2.01. The van der Waals surface area contributed by atoms with Gasteiger partial charge in [0.05, 0.1) is 24.6 Å². The van der Waals surface area contributed by atoms with E-state index in [1.807, 2.05) is 13.1 Å². The Morgan fingerprint density at radius 1 is 1.36 bits per heavy atom. The zero-order valence-electron chi connectivity index (χ0n) is 7.96. The number of hydrogen-bond acceptors (Lipinski definition) is 4. The molecule has 6 heteroatoms. The molecule has 0 saturated heterocycles. The monoisotopic (exact) mass is 192 g/mol. The summed E-state index contributed by atoms with van der Waals surface area (Å²) in [5.41, 5.74) is 7.08. The highest BCUT2D eigenvalue weighted by molar-refractivity contribution is 5.30. The van der Waals surface area contributed by atoms with Crippen molar-refractivity contribution < 1.29 is 0 Å². The highest BCUT2D eigenvalue weighted by atomic mass is 15.4. The molecule has 14 heavy (non-hydrogen) atoms. The van der Waals surface area contributed by atoms with Crippen molar-refractivity contribution in [1.29, 1.82) is 0 Å². The van der Waals surface area contributed by atoms with Crippen molar-refractivity contribution in [1.82, 2.24) is 24.8 Å². The molecule has 2 N–H and O–H groups in total. The first-order valence-corrected chi connectivity index (χ1v) is 4.45. The fraction of sp³-hybridized carbons (Fsp3) is 0.375. The van der Waals surface area contributed by atoms with Gasteiger partial charge in [0.25, 0.3) is 0 Å². The average Bonchev–Trinajstić information content (AvgIpc) is 2.76. The minimum absolute atomic E-state index is 0.608. The van der Waals surface area contributed by atoms with E-state index in [2.05, 4.69) is 15.4 Å². The van der Waals surface area contributed by atoms with Crippen LogP contribution in [0, 0.1) is 0 Å². The number of anilines is 1. The third-order valence-corrected chi connectivity index (χ3v) is 1.89. The molecule has 2 aromatic rings. The zero-order valence-corrected chi connectivity index (χ0v) is 7.96. The lowest BCUT2D eigenvalue weighted by atomic mass is 10.5. The predicted octanol–water partition coefficient (Wildman–Crippen LogP) is 0.125. The van der Waals surface area contributed by atoms with Gasteiger partial charge in [0, 0.05) is 12.7 Å². The molecule has 0 bridgehead atoms. The average molecular weight is 192 g/mol. The Labute approximate surface area is 81.3 Å². The van der Waals surface area contributed by atoms with Crippen LogP contribution in [-0.2, 0) is 13.1 Å². The fourth-order valence-electron chi connectivity index (χ4n) is 1.20. The lowest BCUT2D eigenvalue weighted by Gasteiger charge is -1.94. The number of rotatable bonds is 3. The van der Waals surface area contributed by atoms with Crippen LogP contribution in [0.5, 0.6) is 0 Å². The maximum Gasteiger partial charge on any atom is 0.104 e. The Morgan fingerprint density at radius 2 is 2.21 bits per heavy atom. The smallest absolute Gasteiger partial charge is 0.104 e. The van der Waals surface area contributed by atoms with E-state index in [0.29, 0.717) is 12.2 Å². The summed E-state index contributed by atoms with van der Waals surface area (Å²) in [7, 11) is 0. The maximum absolute atomic E-state index is 5.54. The Bertz CT molecular complexity index is 415. The normalized spacial score (nSPS) is 10.6. The van der Waals surface area contributed by atoms with Gasteiger partial charge in [0.2, 0.25) is 0 Å². The molecule has 0 fully saturated rings. The van der Waals surface area contributed by atoms with E-state index in [1.54, 1.807) is 21.8 Å². The molecule has 0 aliphatic rings. The molecule has 0 unspecified atom stereocenters. The van der Waals surface area contributed by atoms with Crippen molar-refractivity contribution in [2.45, 2.75) is 20.0 Å². The van der Waals surface area contributed by atoms with E-state index in [0.717, 1.165) is 12.2 Å². The molecule has 74 valence electrons. The van der Waals surface area contributed by atoms with Gasteiger partial charge in [-0.2, -0.15) is 5.10 Å². The van der Waals surface area contributed by atoms with Crippen LogP contribution in [-0.4, -0.2) is 24.8 Å². The van der Waals surface area contributed by atoms with E-state index < -0.39 is 0 Å². The molecule has 0 spiro atoms. The van der Waals surface area contributed by atoms with Gasteiger partial charge in [0.1, 0.15) is 5.69 Å². The largest absolute Gasteiger partial charge is 0.396 e. The minimum atomic E-state index is 0.608. The van der Waals surface area contributed by atoms with E-state index in [1.165, 1.54) is 0 Å². The summed E-state index contributed by atoms with van der Waals surface area (Å²) in [5, 5.41) is 12.0. The van der Waals surface area contributed by atoms with Crippen LogP contribution >= 0.6 is 0 Å². The van der Waals surface area contributed by atoms with Crippen LogP contribution in [0.3, 0.4) is 0 Å². The second-order valence-electron chi connectivity index (χ2n) is 3.04. The first-order chi connectivity index (χ1) is 6.78. The summed E-state index contributed by atoms with van der Waals surface area (Å²) in [5.74, 6) is 0. The van der Waals surface area contributed by atoms with Crippen molar-refractivity contribution in [2.24, 2.45) is 0 Å². The van der Waals surface area contributed by atoms with Gasteiger partial charge in [-0.15, -0.1) is 5.10 Å². The second kappa shape index (κ2) is 3.49. The lowest BCUT2D eigenvalue weighted by Crippen LogP contribution is -2.00. The van der Waals surface area contributed by atoms with Crippen LogP contribution in [0.4, 0.5) is 5.69 Å². The Kier molecular flexibility index (Phi) is 2.18.